The highest BCUT2D eigenvalue weighted by atomic mass is 32.2. The molecule has 0 aliphatic heterocycles. The van der Waals surface area contributed by atoms with Gasteiger partial charge in [-0.3, -0.25) is 9.48 Å². The topological polar surface area (TPSA) is 47.4 Å². The number of rotatable bonds is 10. The monoisotopic (exact) mass is 339 g/mol. The Morgan fingerprint density at radius 3 is 2.74 bits per heavy atom. The third kappa shape index (κ3) is 5.39. The molecule has 23 heavy (non-hydrogen) atoms. The van der Waals surface area contributed by atoms with E-state index >= 15 is 0 Å². The van der Waals surface area contributed by atoms with Crippen LogP contribution in [0.3, 0.4) is 0 Å². The highest BCUT2D eigenvalue weighted by Crippen LogP contribution is 2.19. The first-order chi connectivity index (χ1) is 11.0. The molecule has 6 heteroatoms. The van der Waals surface area contributed by atoms with Gasteiger partial charge in [0.15, 0.2) is 0 Å². The van der Waals surface area contributed by atoms with Crippen molar-refractivity contribution < 1.29 is 9.53 Å². The number of aryl methyl sites for hydroxylation is 2. The summed E-state index contributed by atoms with van der Waals surface area (Å²) in [7, 11) is 1.66. The van der Waals surface area contributed by atoms with Gasteiger partial charge in [0.05, 0.1) is 17.6 Å². The first kappa shape index (κ1) is 19.8. The maximum atomic E-state index is 12.7. The lowest BCUT2D eigenvalue weighted by Gasteiger charge is -2.25. The summed E-state index contributed by atoms with van der Waals surface area (Å²) in [5.41, 5.74) is 3.26. The fourth-order valence-corrected chi connectivity index (χ4v) is 3.19. The fourth-order valence-electron chi connectivity index (χ4n) is 2.47. The number of carbonyl (C=O) groups excluding carboxylic acids is 1. The van der Waals surface area contributed by atoms with Crippen LogP contribution in [0.4, 0.5) is 0 Å². The number of hydrogen-bond acceptors (Lipinski definition) is 4. The van der Waals surface area contributed by atoms with Crippen molar-refractivity contribution in [3.05, 3.63) is 29.6 Å². The van der Waals surface area contributed by atoms with Gasteiger partial charge in [0, 0.05) is 43.8 Å². The summed E-state index contributed by atoms with van der Waals surface area (Å²) in [6.45, 7) is 14.3. The average molecular weight is 340 g/mol. The largest absolute Gasteiger partial charge is 0.383 e. The Morgan fingerprint density at radius 2 is 2.22 bits per heavy atom. The van der Waals surface area contributed by atoms with E-state index in [1.807, 2.05) is 29.5 Å². The zero-order chi connectivity index (χ0) is 17.4. The Balaban J connectivity index is 2.92. The molecule has 0 saturated heterocycles. The summed E-state index contributed by atoms with van der Waals surface area (Å²) in [5, 5.41) is 4.45. The average Bonchev–Trinajstić information content (AvgIpc) is 2.82. The second-order valence-electron chi connectivity index (χ2n) is 5.48. The summed E-state index contributed by atoms with van der Waals surface area (Å²) in [4.78, 5) is 14.6. The van der Waals surface area contributed by atoms with E-state index in [-0.39, 0.29) is 11.2 Å². The maximum absolute atomic E-state index is 12.7. The zero-order valence-electron chi connectivity index (χ0n) is 15.0. The van der Waals surface area contributed by atoms with Gasteiger partial charge in [-0.15, -0.1) is 18.3 Å². The van der Waals surface area contributed by atoms with Crippen molar-refractivity contribution in [3.63, 3.8) is 0 Å². The van der Waals surface area contributed by atoms with Crippen molar-refractivity contribution in [2.24, 2.45) is 0 Å². The minimum Gasteiger partial charge on any atom is -0.383 e. The normalized spacial score (nSPS) is 12.2. The molecule has 0 aliphatic rings. The van der Waals surface area contributed by atoms with E-state index in [4.69, 9.17) is 4.74 Å². The van der Waals surface area contributed by atoms with E-state index < -0.39 is 0 Å². The number of hydrogen-bond donors (Lipinski definition) is 0. The van der Waals surface area contributed by atoms with Gasteiger partial charge in [0.1, 0.15) is 0 Å². The second-order valence-corrected chi connectivity index (χ2v) is 6.86. The number of thioether (sulfide) groups is 1. The van der Waals surface area contributed by atoms with Crippen molar-refractivity contribution in [2.75, 3.05) is 26.0 Å². The van der Waals surface area contributed by atoms with Crippen molar-refractivity contribution >= 4 is 17.7 Å². The van der Waals surface area contributed by atoms with Gasteiger partial charge in [0.2, 0.25) is 5.91 Å². The third-order valence-electron chi connectivity index (χ3n) is 3.87. The summed E-state index contributed by atoms with van der Waals surface area (Å²) in [6, 6.07) is 0. The molecule has 1 heterocycles. The highest BCUT2D eigenvalue weighted by molar-refractivity contribution is 8.00. The van der Waals surface area contributed by atoms with Gasteiger partial charge in [0.25, 0.3) is 0 Å². The third-order valence-corrected chi connectivity index (χ3v) is 5.00. The molecule has 0 bridgehead atoms. The molecule has 0 aliphatic carbocycles. The molecule has 130 valence electrons. The van der Waals surface area contributed by atoms with Gasteiger partial charge in [-0.05, 0) is 27.7 Å². The molecule has 0 saturated carbocycles. The molecule has 1 amide bonds. The molecule has 1 atom stereocenters. The maximum Gasteiger partial charge on any atom is 0.235 e. The smallest absolute Gasteiger partial charge is 0.235 e. The highest BCUT2D eigenvalue weighted by Gasteiger charge is 2.23. The van der Waals surface area contributed by atoms with Crippen LogP contribution >= 0.6 is 11.8 Å². The zero-order valence-corrected chi connectivity index (χ0v) is 15.8. The van der Waals surface area contributed by atoms with Crippen LogP contribution in [0.25, 0.3) is 0 Å². The van der Waals surface area contributed by atoms with Crippen LogP contribution < -0.4 is 0 Å². The van der Waals surface area contributed by atoms with Gasteiger partial charge in [-0.2, -0.15) is 5.10 Å². The number of nitrogens with zero attached hydrogens (tertiary/aromatic N) is 3. The molecule has 0 radical (unpaired) electrons. The predicted octanol–water partition coefficient (Wildman–Crippen LogP) is 2.80. The lowest BCUT2D eigenvalue weighted by atomic mass is 10.1. The molecular weight excluding hydrogens is 310 g/mol. The first-order valence-electron chi connectivity index (χ1n) is 7.99. The van der Waals surface area contributed by atoms with E-state index in [2.05, 4.69) is 25.5 Å². The van der Waals surface area contributed by atoms with Crippen molar-refractivity contribution in [3.8, 4) is 0 Å². The molecule has 0 unspecified atom stereocenters. The van der Waals surface area contributed by atoms with E-state index in [1.54, 1.807) is 18.9 Å². The molecule has 1 aromatic rings. The summed E-state index contributed by atoms with van der Waals surface area (Å²) in [6.07, 6.45) is 1.83. The summed E-state index contributed by atoms with van der Waals surface area (Å²) >= 11 is 1.60. The van der Waals surface area contributed by atoms with Crippen LogP contribution in [0, 0.1) is 13.8 Å². The lowest BCUT2D eigenvalue weighted by Crippen LogP contribution is -2.38. The molecular formula is C17H29N3O2S. The number of ether oxygens (including phenoxy) is 1. The van der Waals surface area contributed by atoms with Crippen LogP contribution in [0.1, 0.15) is 30.8 Å². The molecule has 0 fully saturated rings. The molecule has 0 spiro atoms. The first-order valence-corrected chi connectivity index (χ1v) is 9.04. The van der Waals surface area contributed by atoms with Crippen LogP contribution in [0.15, 0.2) is 12.7 Å². The Bertz CT molecular complexity index is 528. The number of carbonyl (C=O) groups is 1. The van der Waals surface area contributed by atoms with Crippen LogP contribution in [0.2, 0.25) is 0 Å². The quantitative estimate of drug-likeness (QED) is 0.615. The Morgan fingerprint density at radius 1 is 1.52 bits per heavy atom. The molecule has 0 aromatic carbocycles. The SMILES string of the molecule is C=CCS[C@@H](C)C(=O)N(CCOC)Cc1c(C)nn(CC)c1C. The van der Waals surface area contributed by atoms with Gasteiger partial charge in [-0.1, -0.05) is 6.08 Å². The van der Waals surface area contributed by atoms with Crippen molar-refractivity contribution in [1.82, 2.24) is 14.7 Å². The summed E-state index contributed by atoms with van der Waals surface area (Å²) in [5.74, 6) is 0.911. The second kappa shape index (κ2) is 9.78. The molecule has 5 nitrogen and oxygen atoms in total. The molecule has 1 aromatic heterocycles. The van der Waals surface area contributed by atoms with E-state index in [0.717, 1.165) is 29.2 Å². The minimum absolute atomic E-state index is 0.0910. The predicted molar refractivity (Wildman–Crippen MR) is 96.8 cm³/mol. The van der Waals surface area contributed by atoms with E-state index in [0.29, 0.717) is 19.7 Å². The van der Waals surface area contributed by atoms with E-state index in [1.165, 1.54) is 0 Å². The van der Waals surface area contributed by atoms with Crippen LogP contribution in [0.5, 0.6) is 0 Å². The van der Waals surface area contributed by atoms with Crippen molar-refractivity contribution in [2.45, 2.75) is 46.0 Å². The Kier molecular flexibility index (Phi) is 8.41. The van der Waals surface area contributed by atoms with Crippen LogP contribution in [-0.4, -0.2) is 51.9 Å². The Hall–Kier alpha value is -1.27. The summed E-state index contributed by atoms with van der Waals surface area (Å²) < 4.78 is 7.16. The van der Waals surface area contributed by atoms with E-state index in [9.17, 15) is 4.79 Å². The van der Waals surface area contributed by atoms with Gasteiger partial charge >= 0.3 is 0 Å². The number of amides is 1. The molecule has 0 N–H and O–H groups in total. The Labute approximate surface area is 144 Å². The van der Waals surface area contributed by atoms with Gasteiger partial charge in [-0.25, -0.2) is 0 Å². The number of aromatic nitrogens is 2. The number of methoxy groups -OCH3 is 1. The standard InChI is InChI=1S/C17H29N3O2S/c1-7-11-23-15(5)17(21)19(9-10-22-6)12-16-13(3)18-20(8-2)14(16)4/h7,15H,1,8-12H2,2-6H3/t15-/m0/s1. The lowest BCUT2D eigenvalue weighted by molar-refractivity contribution is -0.131. The van der Waals surface area contributed by atoms with Gasteiger partial charge < -0.3 is 9.64 Å². The van der Waals surface area contributed by atoms with Crippen LogP contribution in [-0.2, 0) is 22.6 Å². The molecule has 1 rings (SSSR count). The van der Waals surface area contributed by atoms with Crippen molar-refractivity contribution in [1.29, 1.82) is 0 Å². The fraction of sp³-hybridized carbons (Fsp3) is 0.647. The minimum atomic E-state index is -0.0910.